The van der Waals surface area contributed by atoms with Crippen molar-refractivity contribution in [3.8, 4) is 0 Å². The average molecular weight is 237 g/mol. The van der Waals surface area contributed by atoms with Gasteiger partial charge in [0, 0.05) is 30.9 Å². The lowest BCUT2D eigenvalue weighted by Gasteiger charge is -2.27. The Morgan fingerprint density at radius 3 is 2.82 bits per heavy atom. The van der Waals surface area contributed by atoms with Crippen molar-refractivity contribution in [2.24, 2.45) is 0 Å². The molecule has 3 nitrogen and oxygen atoms in total. The quantitative estimate of drug-likeness (QED) is 0.770. The molecule has 0 saturated carbocycles. The van der Waals surface area contributed by atoms with Gasteiger partial charge in [0.1, 0.15) is 0 Å². The molecule has 0 amide bonds. The summed E-state index contributed by atoms with van der Waals surface area (Å²) < 4.78 is 14.2. The number of nitrogens with one attached hydrogen (secondary N) is 1. The summed E-state index contributed by atoms with van der Waals surface area (Å²) in [5, 5.41) is 2.95. The lowest BCUT2D eigenvalue weighted by atomic mass is 10.2. The third-order valence-corrected chi connectivity index (χ3v) is 2.54. The first-order chi connectivity index (χ1) is 8.11. The summed E-state index contributed by atoms with van der Waals surface area (Å²) in [6, 6.07) is 1.88. The highest BCUT2D eigenvalue weighted by Crippen LogP contribution is 2.21. The second kappa shape index (κ2) is 6.35. The van der Waals surface area contributed by atoms with E-state index in [4.69, 9.17) is 0 Å². The summed E-state index contributed by atoms with van der Waals surface area (Å²) in [6.07, 6.45) is 3.40. The number of nitrogens with zero attached hydrogens (tertiary/aromatic N) is 2. The molecule has 4 heteroatoms. The summed E-state index contributed by atoms with van der Waals surface area (Å²) in [7, 11) is 1.80. The summed E-state index contributed by atoms with van der Waals surface area (Å²) in [4.78, 5) is 6.03. The molecule has 0 unspecified atom stereocenters. The van der Waals surface area contributed by atoms with Gasteiger partial charge in [0.25, 0.3) is 0 Å². The molecule has 0 saturated heterocycles. The second-order valence-corrected chi connectivity index (χ2v) is 4.17. The standard InChI is InChI=1S/C13H20FN3/c1-5-8-17(10(2)3)13-12(14)11(9-15-4)6-7-16-13/h5-7,10,15H,1,8-9H2,2-4H3. The van der Waals surface area contributed by atoms with E-state index in [-0.39, 0.29) is 11.9 Å². The van der Waals surface area contributed by atoms with E-state index in [0.29, 0.717) is 24.5 Å². The van der Waals surface area contributed by atoms with E-state index in [1.165, 1.54) is 0 Å². The van der Waals surface area contributed by atoms with Gasteiger partial charge < -0.3 is 10.2 Å². The van der Waals surface area contributed by atoms with E-state index in [0.717, 1.165) is 0 Å². The van der Waals surface area contributed by atoms with Crippen LogP contribution in [0.4, 0.5) is 10.2 Å². The lowest BCUT2D eigenvalue weighted by molar-refractivity contribution is 0.577. The van der Waals surface area contributed by atoms with Crippen LogP contribution in [0.1, 0.15) is 19.4 Å². The molecular weight excluding hydrogens is 217 g/mol. The van der Waals surface area contributed by atoms with Crippen molar-refractivity contribution in [1.82, 2.24) is 10.3 Å². The SMILES string of the molecule is C=CCN(c1nccc(CNC)c1F)C(C)C. The molecule has 0 spiro atoms. The van der Waals surface area contributed by atoms with E-state index in [1.54, 1.807) is 25.4 Å². The van der Waals surface area contributed by atoms with Crippen molar-refractivity contribution in [3.05, 3.63) is 36.3 Å². The minimum Gasteiger partial charge on any atom is -0.348 e. The molecule has 0 aliphatic heterocycles. The molecule has 17 heavy (non-hydrogen) atoms. The van der Waals surface area contributed by atoms with Crippen LogP contribution in [-0.4, -0.2) is 24.6 Å². The first kappa shape index (κ1) is 13.6. The fourth-order valence-electron chi connectivity index (χ4n) is 1.68. The zero-order valence-corrected chi connectivity index (χ0v) is 10.7. The minimum absolute atomic E-state index is 0.180. The maximum atomic E-state index is 14.2. The molecule has 1 aromatic rings. The molecule has 1 rings (SSSR count). The van der Waals surface area contributed by atoms with E-state index >= 15 is 0 Å². The highest BCUT2D eigenvalue weighted by atomic mass is 19.1. The van der Waals surface area contributed by atoms with Gasteiger partial charge in [-0.3, -0.25) is 0 Å². The van der Waals surface area contributed by atoms with Crippen molar-refractivity contribution in [1.29, 1.82) is 0 Å². The van der Waals surface area contributed by atoms with Gasteiger partial charge in [0.05, 0.1) is 0 Å². The Labute approximate surface area is 102 Å². The van der Waals surface area contributed by atoms with Gasteiger partial charge in [0.2, 0.25) is 0 Å². The van der Waals surface area contributed by atoms with Crippen molar-refractivity contribution >= 4 is 5.82 Å². The maximum absolute atomic E-state index is 14.2. The van der Waals surface area contributed by atoms with Crippen LogP contribution < -0.4 is 10.2 Å². The molecule has 1 N–H and O–H groups in total. The van der Waals surface area contributed by atoms with Crippen LogP contribution in [0.5, 0.6) is 0 Å². The Morgan fingerprint density at radius 1 is 1.59 bits per heavy atom. The molecular formula is C13H20FN3. The molecule has 0 atom stereocenters. The smallest absolute Gasteiger partial charge is 0.170 e. The molecule has 0 aliphatic rings. The van der Waals surface area contributed by atoms with Crippen LogP contribution in [0.15, 0.2) is 24.9 Å². The molecule has 1 aromatic heterocycles. The number of hydrogen-bond donors (Lipinski definition) is 1. The maximum Gasteiger partial charge on any atom is 0.170 e. The van der Waals surface area contributed by atoms with Gasteiger partial charge >= 0.3 is 0 Å². The van der Waals surface area contributed by atoms with Crippen molar-refractivity contribution < 1.29 is 4.39 Å². The van der Waals surface area contributed by atoms with Crippen LogP contribution in [0.25, 0.3) is 0 Å². The molecule has 94 valence electrons. The summed E-state index contributed by atoms with van der Waals surface area (Å²) in [5.41, 5.74) is 0.632. The van der Waals surface area contributed by atoms with Gasteiger partial charge in [-0.05, 0) is 27.0 Å². The van der Waals surface area contributed by atoms with Crippen LogP contribution in [-0.2, 0) is 6.54 Å². The van der Waals surface area contributed by atoms with Crippen molar-refractivity contribution in [3.63, 3.8) is 0 Å². The van der Waals surface area contributed by atoms with E-state index in [2.05, 4.69) is 16.9 Å². The molecule has 1 heterocycles. The number of halogens is 1. The Hall–Kier alpha value is -1.42. The van der Waals surface area contributed by atoms with Crippen LogP contribution in [0.2, 0.25) is 0 Å². The van der Waals surface area contributed by atoms with Crippen molar-refractivity contribution in [2.75, 3.05) is 18.5 Å². The normalized spacial score (nSPS) is 10.6. The number of anilines is 1. The van der Waals surface area contributed by atoms with Crippen LogP contribution in [0.3, 0.4) is 0 Å². The molecule has 0 bridgehead atoms. The first-order valence-corrected chi connectivity index (χ1v) is 5.77. The lowest BCUT2D eigenvalue weighted by Crippen LogP contribution is -2.32. The summed E-state index contributed by atoms with van der Waals surface area (Å²) >= 11 is 0. The van der Waals surface area contributed by atoms with Crippen LogP contribution in [0, 0.1) is 5.82 Å². The number of hydrogen-bond acceptors (Lipinski definition) is 3. The highest BCUT2D eigenvalue weighted by molar-refractivity contribution is 5.44. The average Bonchev–Trinajstić information content (AvgIpc) is 2.29. The fourth-order valence-corrected chi connectivity index (χ4v) is 1.68. The second-order valence-electron chi connectivity index (χ2n) is 4.17. The summed E-state index contributed by atoms with van der Waals surface area (Å²) in [6.45, 7) is 8.80. The molecule has 0 aliphatic carbocycles. The van der Waals surface area contributed by atoms with E-state index < -0.39 is 0 Å². The Morgan fingerprint density at radius 2 is 2.29 bits per heavy atom. The molecule has 0 radical (unpaired) electrons. The number of pyridine rings is 1. The Kier molecular flexibility index (Phi) is 5.10. The number of rotatable bonds is 6. The van der Waals surface area contributed by atoms with Gasteiger partial charge in [-0.2, -0.15) is 0 Å². The third kappa shape index (κ3) is 3.27. The monoisotopic (exact) mass is 237 g/mol. The molecule has 0 fully saturated rings. The number of aromatic nitrogens is 1. The van der Waals surface area contributed by atoms with Gasteiger partial charge in [0.15, 0.2) is 11.6 Å². The van der Waals surface area contributed by atoms with Crippen LogP contribution >= 0.6 is 0 Å². The first-order valence-electron chi connectivity index (χ1n) is 5.77. The predicted octanol–water partition coefficient (Wildman–Crippen LogP) is 2.34. The van der Waals surface area contributed by atoms with Gasteiger partial charge in [-0.25, -0.2) is 9.37 Å². The largest absolute Gasteiger partial charge is 0.348 e. The topological polar surface area (TPSA) is 28.2 Å². The highest BCUT2D eigenvalue weighted by Gasteiger charge is 2.17. The van der Waals surface area contributed by atoms with E-state index in [9.17, 15) is 4.39 Å². The van der Waals surface area contributed by atoms with Gasteiger partial charge in [-0.1, -0.05) is 6.08 Å². The predicted molar refractivity (Wildman–Crippen MR) is 69.6 cm³/mol. The zero-order valence-electron chi connectivity index (χ0n) is 10.7. The molecule has 0 aromatic carbocycles. The third-order valence-electron chi connectivity index (χ3n) is 2.54. The van der Waals surface area contributed by atoms with Gasteiger partial charge in [-0.15, -0.1) is 6.58 Å². The van der Waals surface area contributed by atoms with E-state index in [1.807, 2.05) is 18.7 Å². The van der Waals surface area contributed by atoms with Crippen molar-refractivity contribution in [2.45, 2.75) is 26.4 Å². The Balaban J connectivity index is 3.10. The Bertz CT molecular complexity index is 377. The fraction of sp³-hybridized carbons (Fsp3) is 0.462. The summed E-state index contributed by atoms with van der Waals surface area (Å²) in [5.74, 6) is 0.144. The zero-order chi connectivity index (χ0) is 12.8. The minimum atomic E-state index is -0.252.